The zero-order chi connectivity index (χ0) is 19.8. The Labute approximate surface area is 156 Å². The summed E-state index contributed by atoms with van der Waals surface area (Å²) in [4.78, 5) is 32.9. The Balaban J connectivity index is 1.96. The van der Waals surface area contributed by atoms with Gasteiger partial charge in [-0.15, -0.1) is 0 Å². The van der Waals surface area contributed by atoms with Gasteiger partial charge in [0.2, 0.25) is 6.29 Å². The molecule has 148 valence electrons. The predicted octanol–water partition coefficient (Wildman–Crippen LogP) is 1.66. The molecule has 1 aliphatic heterocycles. The molecule has 1 aliphatic rings. The van der Waals surface area contributed by atoms with Gasteiger partial charge in [-0.25, -0.2) is 4.79 Å². The van der Waals surface area contributed by atoms with E-state index in [9.17, 15) is 14.4 Å². The number of ether oxygens (including phenoxy) is 5. The molecule has 3 atom stereocenters. The van der Waals surface area contributed by atoms with Crippen molar-refractivity contribution >= 4 is 18.0 Å². The van der Waals surface area contributed by atoms with Crippen LogP contribution in [0.4, 0.5) is 4.79 Å². The molecule has 2 N–H and O–H groups in total. The molecule has 0 saturated carbocycles. The van der Waals surface area contributed by atoms with Gasteiger partial charge in [-0.2, -0.15) is 0 Å². The second-order valence-corrected chi connectivity index (χ2v) is 6.06. The van der Waals surface area contributed by atoms with E-state index in [1.807, 2.05) is 0 Å². The highest BCUT2D eigenvalue weighted by atomic mass is 16.7. The van der Waals surface area contributed by atoms with Gasteiger partial charge in [0.15, 0.2) is 0 Å². The van der Waals surface area contributed by atoms with Crippen LogP contribution in [0.3, 0.4) is 0 Å². The first-order valence-electron chi connectivity index (χ1n) is 8.45. The van der Waals surface area contributed by atoms with Crippen LogP contribution in [0.2, 0.25) is 0 Å². The first-order valence-corrected chi connectivity index (χ1v) is 8.45. The van der Waals surface area contributed by atoms with Gasteiger partial charge in [-0.05, 0) is 17.7 Å². The number of hydrogen-bond acceptors (Lipinski definition) is 8. The predicted molar refractivity (Wildman–Crippen MR) is 91.5 cm³/mol. The number of amides is 1. The summed E-state index contributed by atoms with van der Waals surface area (Å²) in [6.07, 6.45) is -1.60. The molecule has 3 unspecified atom stereocenters. The van der Waals surface area contributed by atoms with E-state index in [4.69, 9.17) is 29.4 Å². The van der Waals surface area contributed by atoms with Gasteiger partial charge in [0.1, 0.15) is 25.1 Å². The number of rotatable bonds is 7. The summed E-state index contributed by atoms with van der Waals surface area (Å²) < 4.78 is 26.5. The third-order valence-electron chi connectivity index (χ3n) is 3.70. The van der Waals surface area contributed by atoms with E-state index in [-0.39, 0.29) is 13.2 Å². The Morgan fingerprint density at radius 1 is 1.07 bits per heavy atom. The summed E-state index contributed by atoms with van der Waals surface area (Å²) >= 11 is 0. The van der Waals surface area contributed by atoms with E-state index in [1.165, 1.54) is 13.8 Å². The van der Waals surface area contributed by atoms with E-state index in [0.717, 1.165) is 5.56 Å². The number of esters is 2. The Hall–Kier alpha value is -2.81. The molecule has 1 aromatic carbocycles. The van der Waals surface area contributed by atoms with Crippen molar-refractivity contribution in [1.29, 1.82) is 0 Å². The lowest BCUT2D eigenvalue weighted by molar-refractivity contribution is -0.201. The van der Waals surface area contributed by atoms with E-state index >= 15 is 0 Å². The van der Waals surface area contributed by atoms with Crippen molar-refractivity contribution in [3.05, 3.63) is 29.8 Å². The van der Waals surface area contributed by atoms with Gasteiger partial charge in [-0.1, -0.05) is 12.1 Å². The number of primary amides is 1. The van der Waals surface area contributed by atoms with Crippen molar-refractivity contribution in [3.63, 3.8) is 0 Å². The molecule has 0 aliphatic carbocycles. The van der Waals surface area contributed by atoms with Crippen molar-refractivity contribution < 1.29 is 38.1 Å². The van der Waals surface area contributed by atoms with Crippen molar-refractivity contribution in [2.75, 3.05) is 6.61 Å². The maximum absolute atomic E-state index is 11.3. The van der Waals surface area contributed by atoms with E-state index in [0.29, 0.717) is 18.6 Å². The maximum atomic E-state index is 11.3. The largest absolute Gasteiger partial charge is 0.465 e. The molecule has 1 amide bonds. The van der Waals surface area contributed by atoms with Gasteiger partial charge in [-0.3, -0.25) is 9.59 Å². The molecule has 1 aromatic rings. The molecule has 1 heterocycles. The zero-order valence-corrected chi connectivity index (χ0v) is 15.2. The van der Waals surface area contributed by atoms with Crippen LogP contribution in [0.5, 0.6) is 5.75 Å². The summed E-state index contributed by atoms with van der Waals surface area (Å²) in [5.41, 5.74) is 5.67. The average Bonchev–Trinajstić information content (AvgIpc) is 2.58. The minimum Gasteiger partial charge on any atom is -0.465 e. The fourth-order valence-corrected chi connectivity index (χ4v) is 2.62. The Kier molecular flexibility index (Phi) is 7.42. The monoisotopic (exact) mass is 381 g/mol. The van der Waals surface area contributed by atoms with Gasteiger partial charge in [0, 0.05) is 26.7 Å². The lowest BCUT2D eigenvalue weighted by Crippen LogP contribution is -2.42. The van der Waals surface area contributed by atoms with E-state index in [2.05, 4.69) is 0 Å². The van der Waals surface area contributed by atoms with Crippen LogP contribution < -0.4 is 10.5 Å². The molecule has 2 rings (SSSR count). The first-order chi connectivity index (χ1) is 12.8. The molecule has 0 aromatic heterocycles. The standard InChI is InChI=1S/C18H23NO8/c1-11(20)23-10-16-7-15(25-12(2)21)8-17(27-16)26-14-5-3-13(4-6-14)9-24-18(19)22/h3-6,15-17H,7-10H2,1-2H3,(H2,19,22). The van der Waals surface area contributed by atoms with Crippen molar-refractivity contribution in [3.8, 4) is 5.75 Å². The molecule has 9 nitrogen and oxygen atoms in total. The quantitative estimate of drug-likeness (QED) is 0.559. The first kappa shape index (κ1) is 20.5. The zero-order valence-electron chi connectivity index (χ0n) is 15.2. The Morgan fingerprint density at radius 2 is 1.78 bits per heavy atom. The molecule has 27 heavy (non-hydrogen) atoms. The summed E-state index contributed by atoms with van der Waals surface area (Å²) in [5, 5.41) is 0. The third kappa shape index (κ3) is 7.53. The van der Waals surface area contributed by atoms with Crippen LogP contribution in [0.25, 0.3) is 0 Å². The Bertz CT molecular complexity index is 660. The van der Waals surface area contributed by atoms with Crippen LogP contribution in [0, 0.1) is 0 Å². The van der Waals surface area contributed by atoms with Crippen LogP contribution in [-0.2, 0) is 35.1 Å². The van der Waals surface area contributed by atoms with Crippen molar-refractivity contribution in [2.45, 2.75) is 51.8 Å². The van der Waals surface area contributed by atoms with Gasteiger partial charge >= 0.3 is 18.0 Å². The molecule has 1 fully saturated rings. The molecular weight excluding hydrogens is 358 g/mol. The van der Waals surface area contributed by atoms with Gasteiger partial charge in [0.25, 0.3) is 0 Å². The highest BCUT2D eigenvalue weighted by Gasteiger charge is 2.33. The van der Waals surface area contributed by atoms with Crippen LogP contribution in [0.1, 0.15) is 32.3 Å². The van der Waals surface area contributed by atoms with Crippen LogP contribution in [-0.4, -0.2) is 43.1 Å². The molecular formula is C18H23NO8. The van der Waals surface area contributed by atoms with Crippen LogP contribution >= 0.6 is 0 Å². The number of nitrogens with two attached hydrogens (primary N) is 1. The molecule has 0 spiro atoms. The lowest BCUT2D eigenvalue weighted by Gasteiger charge is -2.34. The molecule has 0 radical (unpaired) electrons. The molecule has 1 saturated heterocycles. The van der Waals surface area contributed by atoms with E-state index in [1.54, 1.807) is 24.3 Å². The second-order valence-electron chi connectivity index (χ2n) is 6.06. The van der Waals surface area contributed by atoms with Crippen LogP contribution in [0.15, 0.2) is 24.3 Å². The number of hydrogen-bond donors (Lipinski definition) is 1. The molecule has 0 bridgehead atoms. The summed E-state index contributed by atoms with van der Waals surface area (Å²) in [5.74, 6) is -0.289. The SMILES string of the molecule is CC(=O)OCC1CC(OC(C)=O)CC(Oc2ccc(COC(N)=O)cc2)O1. The molecule has 9 heteroatoms. The number of carbonyl (C=O) groups is 3. The van der Waals surface area contributed by atoms with Gasteiger partial charge < -0.3 is 29.4 Å². The minimum absolute atomic E-state index is 0.0519. The maximum Gasteiger partial charge on any atom is 0.404 e. The minimum atomic E-state index is -0.846. The third-order valence-corrected chi connectivity index (χ3v) is 3.70. The summed E-state index contributed by atoms with van der Waals surface area (Å²) in [7, 11) is 0. The van der Waals surface area contributed by atoms with Crippen molar-refractivity contribution in [2.24, 2.45) is 5.73 Å². The summed E-state index contributed by atoms with van der Waals surface area (Å²) in [6.45, 7) is 2.76. The highest BCUT2D eigenvalue weighted by Crippen LogP contribution is 2.26. The lowest BCUT2D eigenvalue weighted by atomic mass is 10.1. The highest BCUT2D eigenvalue weighted by molar-refractivity contribution is 5.66. The van der Waals surface area contributed by atoms with E-state index < -0.39 is 36.5 Å². The number of carbonyl (C=O) groups excluding carboxylic acids is 3. The summed E-state index contributed by atoms with van der Waals surface area (Å²) in [6, 6.07) is 6.83. The average molecular weight is 381 g/mol. The Morgan fingerprint density at radius 3 is 2.37 bits per heavy atom. The fourth-order valence-electron chi connectivity index (χ4n) is 2.62. The normalized spacial score (nSPS) is 21.8. The smallest absolute Gasteiger partial charge is 0.404 e. The fraction of sp³-hybridized carbons (Fsp3) is 0.500. The number of benzene rings is 1. The van der Waals surface area contributed by atoms with Crippen molar-refractivity contribution in [1.82, 2.24) is 0 Å². The second kappa shape index (κ2) is 9.77. The van der Waals surface area contributed by atoms with Gasteiger partial charge in [0.05, 0.1) is 6.10 Å². The topological polar surface area (TPSA) is 123 Å².